The van der Waals surface area contributed by atoms with Crippen LogP contribution in [0.3, 0.4) is 0 Å². The van der Waals surface area contributed by atoms with Crippen molar-refractivity contribution in [1.82, 2.24) is 14.9 Å². The molecule has 0 bridgehead atoms. The molecular formula is C17H23N3O. The molecular weight excluding hydrogens is 262 g/mol. The lowest BCUT2D eigenvalue weighted by molar-refractivity contribution is -0.121. The molecule has 2 aromatic heterocycles. The predicted molar refractivity (Wildman–Crippen MR) is 83.9 cm³/mol. The Morgan fingerprint density at radius 1 is 1.29 bits per heavy atom. The van der Waals surface area contributed by atoms with E-state index < -0.39 is 0 Å². The second-order valence-corrected chi connectivity index (χ2v) is 5.44. The lowest BCUT2D eigenvalue weighted by atomic mass is 10.1. The summed E-state index contributed by atoms with van der Waals surface area (Å²) in [5.41, 5.74) is 2.26. The highest BCUT2D eigenvalue weighted by molar-refractivity contribution is 5.76. The van der Waals surface area contributed by atoms with Crippen LogP contribution in [0.25, 0.3) is 0 Å². The van der Waals surface area contributed by atoms with E-state index in [4.69, 9.17) is 0 Å². The first-order valence-corrected chi connectivity index (χ1v) is 7.44. The summed E-state index contributed by atoms with van der Waals surface area (Å²) in [6.07, 6.45) is 6.92. The first kappa shape index (κ1) is 15.3. The van der Waals surface area contributed by atoms with Gasteiger partial charge in [-0.15, -0.1) is 0 Å². The van der Waals surface area contributed by atoms with E-state index >= 15 is 0 Å². The SMILES string of the molecule is C[C@@H](CCc1cccn1C)NC(=O)CCc1ccccn1. The monoisotopic (exact) mass is 285 g/mol. The normalized spacial score (nSPS) is 12.1. The Morgan fingerprint density at radius 3 is 2.81 bits per heavy atom. The van der Waals surface area contributed by atoms with E-state index in [0.29, 0.717) is 12.8 Å². The summed E-state index contributed by atoms with van der Waals surface area (Å²) in [5.74, 6) is 0.0973. The lowest BCUT2D eigenvalue weighted by Gasteiger charge is -2.14. The topological polar surface area (TPSA) is 46.9 Å². The Morgan fingerprint density at radius 2 is 2.14 bits per heavy atom. The molecule has 1 N–H and O–H groups in total. The van der Waals surface area contributed by atoms with Gasteiger partial charge < -0.3 is 9.88 Å². The van der Waals surface area contributed by atoms with Gasteiger partial charge in [0.15, 0.2) is 0 Å². The Balaban J connectivity index is 1.68. The molecule has 0 aliphatic heterocycles. The average Bonchev–Trinajstić information content (AvgIpc) is 2.89. The molecule has 0 aliphatic carbocycles. The van der Waals surface area contributed by atoms with Crippen LogP contribution in [0.15, 0.2) is 42.7 Å². The number of aromatic nitrogens is 2. The molecule has 112 valence electrons. The van der Waals surface area contributed by atoms with Crippen LogP contribution >= 0.6 is 0 Å². The van der Waals surface area contributed by atoms with E-state index in [1.807, 2.05) is 37.5 Å². The number of aryl methyl sites for hydroxylation is 3. The molecule has 0 aromatic carbocycles. The number of rotatable bonds is 7. The molecule has 0 unspecified atom stereocenters. The number of pyridine rings is 1. The molecule has 1 atom stereocenters. The predicted octanol–water partition coefficient (Wildman–Crippen LogP) is 2.49. The van der Waals surface area contributed by atoms with Gasteiger partial charge in [0.1, 0.15) is 0 Å². The van der Waals surface area contributed by atoms with Gasteiger partial charge in [0.05, 0.1) is 0 Å². The Labute approximate surface area is 126 Å². The third kappa shape index (κ3) is 5.06. The Kier molecular flexibility index (Phi) is 5.55. The van der Waals surface area contributed by atoms with E-state index in [2.05, 4.69) is 27.9 Å². The second kappa shape index (κ2) is 7.62. The zero-order chi connectivity index (χ0) is 15.1. The van der Waals surface area contributed by atoms with Crippen LogP contribution in [0.4, 0.5) is 0 Å². The Hall–Kier alpha value is -2.10. The molecule has 1 amide bonds. The molecule has 2 aromatic rings. The van der Waals surface area contributed by atoms with Crippen LogP contribution in [-0.2, 0) is 24.7 Å². The second-order valence-electron chi connectivity index (χ2n) is 5.44. The third-order valence-corrected chi connectivity index (χ3v) is 3.63. The molecule has 0 radical (unpaired) electrons. The van der Waals surface area contributed by atoms with Gasteiger partial charge in [0, 0.05) is 43.3 Å². The molecule has 2 heterocycles. The number of carbonyl (C=O) groups is 1. The number of hydrogen-bond donors (Lipinski definition) is 1. The zero-order valence-electron chi connectivity index (χ0n) is 12.7. The number of hydrogen-bond acceptors (Lipinski definition) is 2. The Bertz CT molecular complexity index is 562. The van der Waals surface area contributed by atoms with Crippen LogP contribution in [0.5, 0.6) is 0 Å². The smallest absolute Gasteiger partial charge is 0.220 e. The first-order chi connectivity index (χ1) is 10.1. The van der Waals surface area contributed by atoms with Crippen molar-refractivity contribution < 1.29 is 4.79 Å². The standard InChI is InChI=1S/C17H23N3O/c1-14(8-10-16-7-5-13-20(16)2)19-17(21)11-9-15-6-3-4-12-18-15/h3-7,12-14H,8-11H2,1-2H3,(H,19,21)/t14-/m0/s1. The van der Waals surface area contributed by atoms with Crippen molar-refractivity contribution in [3.63, 3.8) is 0 Å². The van der Waals surface area contributed by atoms with Gasteiger partial charge in [-0.3, -0.25) is 9.78 Å². The zero-order valence-corrected chi connectivity index (χ0v) is 12.7. The maximum Gasteiger partial charge on any atom is 0.220 e. The summed E-state index contributed by atoms with van der Waals surface area (Å²) in [7, 11) is 2.05. The average molecular weight is 285 g/mol. The van der Waals surface area contributed by atoms with Crippen LogP contribution in [0, 0.1) is 0 Å². The van der Waals surface area contributed by atoms with Crippen molar-refractivity contribution in [2.75, 3.05) is 0 Å². The largest absolute Gasteiger partial charge is 0.354 e. The minimum Gasteiger partial charge on any atom is -0.354 e. The van der Waals surface area contributed by atoms with Crippen LogP contribution < -0.4 is 5.32 Å². The quantitative estimate of drug-likeness (QED) is 0.849. The molecule has 4 heteroatoms. The summed E-state index contributed by atoms with van der Waals surface area (Å²) in [4.78, 5) is 16.1. The fraction of sp³-hybridized carbons (Fsp3) is 0.412. The minimum atomic E-state index is 0.0973. The van der Waals surface area contributed by atoms with Crippen molar-refractivity contribution in [1.29, 1.82) is 0 Å². The van der Waals surface area contributed by atoms with E-state index in [1.165, 1.54) is 5.69 Å². The van der Waals surface area contributed by atoms with E-state index in [1.54, 1.807) is 6.20 Å². The van der Waals surface area contributed by atoms with Crippen LogP contribution in [-0.4, -0.2) is 21.5 Å². The van der Waals surface area contributed by atoms with Gasteiger partial charge in [0.2, 0.25) is 5.91 Å². The van der Waals surface area contributed by atoms with Crippen molar-refractivity contribution >= 4 is 5.91 Å². The van der Waals surface area contributed by atoms with Gasteiger partial charge in [-0.05, 0) is 50.5 Å². The summed E-state index contributed by atoms with van der Waals surface area (Å²) in [5, 5.41) is 3.06. The maximum atomic E-state index is 11.9. The number of amides is 1. The van der Waals surface area contributed by atoms with Gasteiger partial charge in [-0.25, -0.2) is 0 Å². The number of nitrogens with one attached hydrogen (secondary N) is 1. The summed E-state index contributed by atoms with van der Waals surface area (Å²) in [6.45, 7) is 2.06. The maximum absolute atomic E-state index is 11.9. The fourth-order valence-electron chi connectivity index (χ4n) is 2.33. The van der Waals surface area contributed by atoms with Crippen molar-refractivity contribution in [3.05, 3.63) is 54.1 Å². The van der Waals surface area contributed by atoms with Crippen LogP contribution in [0.1, 0.15) is 31.2 Å². The molecule has 21 heavy (non-hydrogen) atoms. The molecule has 0 saturated heterocycles. The summed E-state index contributed by atoms with van der Waals surface area (Å²) in [6, 6.07) is 10.1. The van der Waals surface area contributed by atoms with Gasteiger partial charge >= 0.3 is 0 Å². The summed E-state index contributed by atoms with van der Waals surface area (Å²) < 4.78 is 2.12. The van der Waals surface area contributed by atoms with E-state index in [9.17, 15) is 4.79 Å². The molecule has 0 saturated carbocycles. The molecule has 0 fully saturated rings. The van der Waals surface area contributed by atoms with Gasteiger partial charge in [-0.2, -0.15) is 0 Å². The highest BCUT2D eigenvalue weighted by Gasteiger charge is 2.09. The first-order valence-electron chi connectivity index (χ1n) is 7.44. The highest BCUT2D eigenvalue weighted by Crippen LogP contribution is 2.06. The van der Waals surface area contributed by atoms with Crippen molar-refractivity contribution in [3.8, 4) is 0 Å². The lowest BCUT2D eigenvalue weighted by Crippen LogP contribution is -2.33. The van der Waals surface area contributed by atoms with Crippen molar-refractivity contribution in [2.24, 2.45) is 7.05 Å². The summed E-state index contributed by atoms with van der Waals surface area (Å²) >= 11 is 0. The fourth-order valence-corrected chi connectivity index (χ4v) is 2.33. The molecule has 0 aliphatic rings. The number of nitrogens with zero attached hydrogens (tertiary/aromatic N) is 2. The van der Waals surface area contributed by atoms with Crippen molar-refractivity contribution in [2.45, 2.75) is 38.6 Å². The van der Waals surface area contributed by atoms with Crippen LogP contribution in [0.2, 0.25) is 0 Å². The highest BCUT2D eigenvalue weighted by atomic mass is 16.1. The van der Waals surface area contributed by atoms with E-state index in [-0.39, 0.29) is 11.9 Å². The molecule has 2 rings (SSSR count). The third-order valence-electron chi connectivity index (χ3n) is 3.63. The minimum absolute atomic E-state index is 0.0973. The molecule has 4 nitrogen and oxygen atoms in total. The van der Waals surface area contributed by atoms with Gasteiger partial charge in [-0.1, -0.05) is 6.07 Å². The van der Waals surface area contributed by atoms with Gasteiger partial charge in [0.25, 0.3) is 0 Å². The van der Waals surface area contributed by atoms with E-state index in [0.717, 1.165) is 18.5 Å². The number of carbonyl (C=O) groups excluding carboxylic acids is 1. The molecule has 0 spiro atoms.